The highest BCUT2D eigenvalue weighted by atomic mass is 16.4. The molecule has 0 aromatic carbocycles. The first-order chi connectivity index (χ1) is 13.9. The summed E-state index contributed by atoms with van der Waals surface area (Å²) in [6, 6.07) is -1.81. The molecule has 0 aromatic heterocycles. The standard InChI is InChI=1S/C19H38N4O6/c1-20-11-5-2-3-6-12-21-13-7-4-8-15(18(26)27)22-14-23-16(19(28)29)9-10-17(24)25/h15-16,20-23H,2-14H2,1H3,(H,24,25)(H,26,27)(H,28,29). The first-order valence-electron chi connectivity index (χ1n) is 10.4. The molecule has 0 amide bonds. The largest absolute Gasteiger partial charge is 0.481 e. The van der Waals surface area contributed by atoms with E-state index in [2.05, 4.69) is 21.3 Å². The van der Waals surface area contributed by atoms with Crippen LogP contribution in [0, 0.1) is 0 Å². The zero-order valence-electron chi connectivity index (χ0n) is 17.4. The van der Waals surface area contributed by atoms with Gasteiger partial charge in [0, 0.05) is 13.1 Å². The molecular weight excluding hydrogens is 380 g/mol. The number of rotatable bonds is 21. The van der Waals surface area contributed by atoms with Crippen LogP contribution in [0.5, 0.6) is 0 Å². The quantitative estimate of drug-likeness (QED) is 0.103. The minimum absolute atomic E-state index is 0.0145. The highest BCUT2D eigenvalue weighted by Gasteiger charge is 2.20. The van der Waals surface area contributed by atoms with Crippen LogP contribution < -0.4 is 21.3 Å². The Morgan fingerprint density at radius 2 is 1.24 bits per heavy atom. The Bertz CT molecular complexity index is 464. The molecule has 0 radical (unpaired) electrons. The number of aliphatic carboxylic acids is 3. The van der Waals surface area contributed by atoms with Gasteiger partial charge in [-0.05, 0) is 58.8 Å². The fourth-order valence-electron chi connectivity index (χ4n) is 2.83. The molecule has 0 aliphatic heterocycles. The average Bonchev–Trinajstić information content (AvgIpc) is 2.66. The zero-order valence-corrected chi connectivity index (χ0v) is 17.4. The molecule has 10 heteroatoms. The first-order valence-corrected chi connectivity index (χ1v) is 10.4. The number of carboxylic acids is 3. The van der Waals surface area contributed by atoms with Gasteiger partial charge in [-0.15, -0.1) is 0 Å². The lowest BCUT2D eigenvalue weighted by Gasteiger charge is -2.18. The van der Waals surface area contributed by atoms with E-state index in [4.69, 9.17) is 10.2 Å². The maximum Gasteiger partial charge on any atom is 0.320 e. The van der Waals surface area contributed by atoms with Crippen molar-refractivity contribution in [1.29, 1.82) is 0 Å². The van der Waals surface area contributed by atoms with Crippen molar-refractivity contribution < 1.29 is 29.7 Å². The molecule has 0 heterocycles. The average molecular weight is 419 g/mol. The molecule has 0 aliphatic carbocycles. The van der Waals surface area contributed by atoms with Crippen LogP contribution in [0.1, 0.15) is 57.8 Å². The molecular formula is C19H38N4O6. The Morgan fingerprint density at radius 1 is 0.724 bits per heavy atom. The smallest absolute Gasteiger partial charge is 0.320 e. The Morgan fingerprint density at radius 3 is 1.76 bits per heavy atom. The maximum absolute atomic E-state index is 11.3. The van der Waals surface area contributed by atoms with Gasteiger partial charge >= 0.3 is 17.9 Å². The van der Waals surface area contributed by atoms with Gasteiger partial charge in [-0.25, -0.2) is 0 Å². The van der Waals surface area contributed by atoms with E-state index in [0.29, 0.717) is 6.42 Å². The molecule has 0 fully saturated rings. The molecule has 0 rings (SSSR count). The molecule has 0 saturated heterocycles. The van der Waals surface area contributed by atoms with E-state index in [0.717, 1.165) is 38.9 Å². The van der Waals surface area contributed by atoms with E-state index in [1.165, 1.54) is 19.3 Å². The monoisotopic (exact) mass is 418 g/mol. The lowest BCUT2D eigenvalue weighted by atomic mass is 10.1. The molecule has 2 atom stereocenters. The van der Waals surface area contributed by atoms with Crippen LogP contribution in [0.25, 0.3) is 0 Å². The molecule has 10 nitrogen and oxygen atoms in total. The van der Waals surface area contributed by atoms with Gasteiger partial charge in [-0.3, -0.25) is 25.0 Å². The predicted octanol–water partition coefficient (Wildman–Crippen LogP) is 0.434. The van der Waals surface area contributed by atoms with Crippen molar-refractivity contribution >= 4 is 17.9 Å². The van der Waals surface area contributed by atoms with Gasteiger partial charge < -0.3 is 26.0 Å². The summed E-state index contributed by atoms with van der Waals surface area (Å²) in [5.74, 6) is -3.22. The Hall–Kier alpha value is -1.75. The molecule has 0 spiro atoms. The third kappa shape index (κ3) is 16.9. The lowest BCUT2D eigenvalue weighted by Crippen LogP contribution is -2.47. The van der Waals surface area contributed by atoms with Crippen molar-refractivity contribution in [2.24, 2.45) is 0 Å². The van der Waals surface area contributed by atoms with Gasteiger partial charge in [-0.2, -0.15) is 0 Å². The van der Waals surface area contributed by atoms with E-state index in [1.807, 2.05) is 7.05 Å². The fourth-order valence-corrected chi connectivity index (χ4v) is 2.83. The molecule has 29 heavy (non-hydrogen) atoms. The number of carboxylic acid groups (broad SMARTS) is 3. The van der Waals surface area contributed by atoms with Gasteiger partial charge in [0.25, 0.3) is 0 Å². The second kappa shape index (κ2) is 18.3. The summed E-state index contributed by atoms with van der Waals surface area (Å²) in [5.41, 5.74) is 0. The summed E-state index contributed by atoms with van der Waals surface area (Å²) in [7, 11) is 1.96. The number of carbonyl (C=O) groups is 3. The fraction of sp³-hybridized carbons (Fsp3) is 0.842. The highest BCUT2D eigenvalue weighted by Crippen LogP contribution is 2.02. The van der Waals surface area contributed by atoms with E-state index >= 15 is 0 Å². The first kappa shape index (κ1) is 27.2. The summed E-state index contributed by atoms with van der Waals surface area (Å²) in [6.07, 6.45) is 6.48. The van der Waals surface area contributed by atoms with Crippen LogP contribution in [0.4, 0.5) is 0 Å². The van der Waals surface area contributed by atoms with Crippen LogP contribution in [-0.4, -0.2) is 78.7 Å². The molecule has 2 unspecified atom stereocenters. The molecule has 7 N–H and O–H groups in total. The summed E-state index contributed by atoms with van der Waals surface area (Å²) in [4.78, 5) is 33.0. The van der Waals surface area contributed by atoms with Crippen LogP contribution >= 0.6 is 0 Å². The Labute approximate surface area is 172 Å². The number of nitrogens with one attached hydrogen (secondary N) is 4. The normalized spacial score (nSPS) is 13.1. The van der Waals surface area contributed by atoms with E-state index in [-0.39, 0.29) is 19.5 Å². The second-order valence-electron chi connectivity index (χ2n) is 7.06. The van der Waals surface area contributed by atoms with Gasteiger partial charge in [-0.1, -0.05) is 19.3 Å². The van der Waals surface area contributed by atoms with Crippen LogP contribution in [0.3, 0.4) is 0 Å². The molecule has 170 valence electrons. The van der Waals surface area contributed by atoms with Crippen molar-refractivity contribution in [2.75, 3.05) is 33.4 Å². The summed E-state index contributed by atoms with van der Waals surface area (Å²) in [6.45, 7) is 2.86. The Balaban J connectivity index is 3.85. The highest BCUT2D eigenvalue weighted by molar-refractivity contribution is 5.75. The zero-order chi connectivity index (χ0) is 21.9. The topological polar surface area (TPSA) is 160 Å². The molecule has 0 saturated carbocycles. The van der Waals surface area contributed by atoms with E-state index < -0.39 is 30.0 Å². The van der Waals surface area contributed by atoms with Crippen LogP contribution in [0.15, 0.2) is 0 Å². The summed E-state index contributed by atoms with van der Waals surface area (Å²) in [5, 5.41) is 38.9. The third-order valence-corrected chi connectivity index (χ3v) is 4.57. The summed E-state index contributed by atoms with van der Waals surface area (Å²) >= 11 is 0. The third-order valence-electron chi connectivity index (χ3n) is 4.57. The molecule has 0 bridgehead atoms. The Kier molecular flexibility index (Phi) is 17.2. The number of hydrogen-bond donors (Lipinski definition) is 7. The van der Waals surface area contributed by atoms with Crippen molar-refractivity contribution in [3.8, 4) is 0 Å². The van der Waals surface area contributed by atoms with E-state index in [1.54, 1.807) is 0 Å². The van der Waals surface area contributed by atoms with Gasteiger partial charge in [0.05, 0.1) is 0 Å². The van der Waals surface area contributed by atoms with Crippen molar-refractivity contribution in [3.63, 3.8) is 0 Å². The second-order valence-corrected chi connectivity index (χ2v) is 7.06. The molecule has 0 aromatic rings. The van der Waals surface area contributed by atoms with Gasteiger partial charge in [0.2, 0.25) is 0 Å². The molecule has 0 aliphatic rings. The van der Waals surface area contributed by atoms with E-state index in [9.17, 15) is 19.5 Å². The van der Waals surface area contributed by atoms with Crippen molar-refractivity contribution in [2.45, 2.75) is 69.9 Å². The summed E-state index contributed by atoms with van der Waals surface area (Å²) < 4.78 is 0. The predicted molar refractivity (Wildman–Crippen MR) is 110 cm³/mol. The van der Waals surface area contributed by atoms with Crippen LogP contribution in [0.2, 0.25) is 0 Å². The maximum atomic E-state index is 11.3. The number of hydrogen-bond acceptors (Lipinski definition) is 7. The number of unbranched alkanes of at least 4 members (excludes halogenated alkanes) is 4. The lowest BCUT2D eigenvalue weighted by molar-refractivity contribution is -0.141. The van der Waals surface area contributed by atoms with Crippen LogP contribution in [-0.2, 0) is 14.4 Å². The van der Waals surface area contributed by atoms with Gasteiger partial charge in [0.1, 0.15) is 12.1 Å². The minimum Gasteiger partial charge on any atom is -0.481 e. The SMILES string of the molecule is CNCCCCCCNCCCCC(NCNC(CCC(=O)O)C(=O)O)C(=O)O. The van der Waals surface area contributed by atoms with Crippen molar-refractivity contribution in [3.05, 3.63) is 0 Å². The van der Waals surface area contributed by atoms with Gasteiger partial charge in [0.15, 0.2) is 0 Å². The minimum atomic E-state index is -1.16. The van der Waals surface area contributed by atoms with Crippen molar-refractivity contribution in [1.82, 2.24) is 21.3 Å².